The van der Waals surface area contributed by atoms with Crippen LogP contribution in [0.1, 0.15) is 15.2 Å². The Morgan fingerprint density at radius 2 is 1.95 bits per heavy atom. The minimum atomic E-state index is -1.35. The summed E-state index contributed by atoms with van der Waals surface area (Å²) in [4.78, 5) is 11.4. The van der Waals surface area contributed by atoms with Gasteiger partial charge >= 0.3 is 0 Å². The van der Waals surface area contributed by atoms with Crippen LogP contribution in [-0.2, 0) is 0 Å². The molecule has 3 rings (SSSR count). The van der Waals surface area contributed by atoms with Gasteiger partial charge in [-0.15, -0.1) is 11.3 Å². The van der Waals surface area contributed by atoms with Crippen LogP contribution in [0.2, 0.25) is 10.0 Å². The second-order valence-electron chi connectivity index (χ2n) is 4.82. The van der Waals surface area contributed by atoms with Crippen LogP contribution in [0, 0.1) is 12.7 Å². The van der Waals surface area contributed by atoms with Crippen molar-refractivity contribution in [1.29, 1.82) is 0 Å². The maximum Gasteiger partial charge on any atom is 0.132 e. The first kappa shape index (κ1) is 15.3. The first-order chi connectivity index (χ1) is 10.4. The van der Waals surface area contributed by atoms with Crippen molar-refractivity contribution in [3.05, 3.63) is 56.6 Å². The lowest BCUT2D eigenvalue weighted by Gasteiger charge is -2.09. The van der Waals surface area contributed by atoms with E-state index in [1.807, 2.05) is 0 Å². The van der Waals surface area contributed by atoms with E-state index < -0.39 is 11.8 Å². The standard InChI is InChI=1S/C16H9Cl2FO2S/c1-7-4-10(12(19)6-11(7)18)14-9-3-2-8(17)5-13(9)22-15(14)16(20)21/h2-6H,1H3,(H,20,21)/p-1. The van der Waals surface area contributed by atoms with Gasteiger partial charge in [0.15, 0.2) is 0 Å². The monoisotopic (exact) mass is 353 g/mol. The highest BCUT2D eigenvalue weighted by Crippen LogP contribution is 2.41. The van der Waals surface area contributed by atoms with E-state index in [0.29, 0.717) is 31.3 Å². The number of benzene rings is 2. The molecule has 0 spiro atoms. The van der Waals surface area contributed by atoms with Crippen LogP contribution in [0.3, 0.4) is 0 Å². The molecule has 0 N–H and O–H groups in total. The summed E-state index contributed by atoms with van der Waals surface area (Å²) in [5.41, 5.74) is 1.15. The average molecular weight is 354 g/mol. The fourth-order valence-electron chi connectivity index (χ4n) is 2.33. The normalized spacial score (nSPS) is 11.1. The van der Waals surface area contributed by atoms with Crippen molar-refractivity contribution >= 4 is 50.6 Å². The Morgan fingerprint density at radius 3 is 2.64 bits per heavy atom. The maximum atomic E-state index is 14.3. The summed E-state index contributed by atoms with van der Waals surface area (Å²) in [6.07, 6.45) is 0. The highest BCUT2D eigenvalue weighted by molar-refractivity contribution is 7.21. The number of aromatic carboxylic acids is 1. The predicted octanol–water partition coefficient (Wildman–Crippen LogP) is 4.69. The summed E-state index contributed by atoms with van der Waals surface area (Å²) in [7, 11) is 0. The predicted molar refractivity (Wildman–Crippen MR) is 86.3 cm³/mol. The summed E-state index contributed by atoms with van der Waals surface area (Å²) >= 11 is 12.9. The van der Waals surface area contributed by atoms with Crippen LogP contribution in [-0.4, -0.2) is 5.97 Å². The van der Waals surface area contributed by atoms with E-state index in [0.717, 1.165) is 11.3 Å². The molecule has 0 saturated heterocycles. The lowest BCUT2D eigenvalue weighted by molar-refractivity contribution is -0.254. The lowest BCUT2D eigenvalue weighted by Crippen LogP contribution is -2.21. The molecule has 3 aromatic rings. The van der Waals surface area contributed by atoms with Crippen molar-refractivity contribution < 1.29 is 14.3 Å². The van der Waals surface area contributed by atoms with Crippen molar-refractivity contribution in [3.8, 4) is 11.1 Å². The van der Waals surface area contributed by atoms with Crippen LogP contribution < -0.4 is 5.11 Å². The summed E-state index contributed by atoms with van der Waals surface area (Å²) in [6.45, 7) is 1.73. The minimum Gasteiger partial charge on any atom is -0.544 e. The Labute approximate surface area is 139 Å². The zero-order valence-electron chi connectivity index (χ0n) is 11.2. The van der Waals surface area contributed by atoms with E-state index in [4.69, 9.17) is 23.2 Å². The van der Waals surface area contributed by atoms with Crippen molar-refractivity contribution in [2.75, 3.05) is 0 Å². The van der Waals surface area contributed by atoms with Gasteiger partial charge in [-0.1, -0.05) is 29.3 Å². The first-order valence-corrected chi connectivity index (χ1v) is 7.85. The first-order valence-electron chi connectivity index (χ1n) is 6.28. The Morgan fingerprint density at radius 1 is 1.23 bits per heavy atom. The average Bonchev–Trinajstić information content (AvgIpc) is 2.81. The SMILES string of the molecule is Cc1cc(-c2c(C(=O)[O-])sc3cc(Cl)ccc23)c(F)cc1Cl. The molecule has 6 heteroatoms. The van der Waals surface area contributed by atoms with E-state index in [-0.39, 0.29) is 10.4 Å². The van der Waals surface area contributed by atoms with Crippen molar-refractivity contribution in [2.24, 2.45) is 0 Å². The number of thiophene rings is 1. The van der Waals surface area contributed by atoms with Gasteiger partial charge in [0.25, 0.3) is 0 Å². The topological polar surface area (TPSA) is 40.1 Å². The molecule has 0 aliphatic rings. The number of carbonyl (C=O) groups is 1. The molecule has 22 heavy (non-hydrogen) atoms. The molecule has 1 heterocycles. The number of hydrogen-bond donors (Lipinski definition) is 0. The van der Waals surface area contributed by atoms with E-state index in [2.05, 4.69) is 0 Å². The van der Waals surface area contributed by atoms with Gasteiger partial charge in [0.2, 0.25) is 0 Å². The Bertz CT molecular complexity index is 918. The summed E-state index contributed by atoms with van der Waals surface area (Å²) in [6, 6.07) is 7.70. The number of rotatable bonds is 2. The van der Waals surface area contributed by atoms with E-state index in [1.54, 1.807) is 31.2 Å². The second-order valence-corrected chi connectivity index (χ2v) is 6.71. The smallest absolute Gasteiger partial charge is 0.132 e. The van der Waals surface area contributed by atoms with Crippen LogP contribution in [0.5, 0.6) is 0 Å². The maximum absolute atomic E-state index is 14.3. The van der Waals surface area contributed by atoms with Crippen molar-refractivity contribution in [1.82, 2.24) is 0 Å². The molecule has 0 aliphatic heterocycles. The molecule has 112 valence electrons. The third-order valence-electron chi connectivity index (χ3n) is 3.36. The molecule has 0 aliphatic carbocycles. The zero-order valence-corrected chi connectivity index (χ0v) is 13.6. The fraction of sp³-hybridized carbons (Fsp3) is 0.0625. The van der Waals surface area contributed by atoms with Crippen molar-refractivity contribution in [2.45, 2.75) is 6.92 Å². The molecule has 0 unspecified atom stereocenters. The lowest BCUT2D eigenvalue weighted by atomic mass is 9.99. The Balaban J connectivity index is 2.41. The fourth-order valence-corrected chi connectivity index (χ4v) is 3.81. The van der Waals surface area contributed by atoms with Crippen LogP contribution in [0.25, 0.3) is 21.2 Å². The molecule has 2 aromatic carbocycles. The molecular formula is C16H8Cl2FO2S-. The molecule has 0 bridgehead atoms. The van der Waals surface area contributed by atoms with Gasteiger partial charge in [-0.25, -0.2) is 4.39 Å². The molecule has 0 fully saturated rings. The number of carboxylic acids is 1. The van der Waals surface area contributed by atoms with Gasteiger partial charge in [-0.2, -0.15) is 0 Å². The zero-order chi connectivity index (χ0) is 16.0. The minimum absolute atomic E-state index is 0.0297. The van der Waals surface area contributed by atoms with Gasteiger partial charge in [-0.3, -0.25) is 0 Å². The number of fused-ring (bicyclic) bond motifs is 1. The van der Waals surface area contributed by atoms with E-state index in [9.17, 15) is 14.3 Å². The van der Waals surface area contributed by atoms with Gasteiger partial charge in [-0.05, 0) is 36.8 Å². The van der Waals surface area contributed by atoms with Gasteiger partial charge in [0.1, 0.15) is 5.82 Å². The van der Waals surface area contributed by atoms with Crippen LogP contribution in [0.15, 0.2) is 30.3 Å². The number of aryl methyl sites for hydroxylation is 1. The molecule has 0 atom stereocenters. The molecule has 2 nitrogen and oxygen atoms in total. The molecular weight excluding hydrogens is 346 g/mol. The molecule has 0 radical (unpaired) electrons. The molecule has 0 saturated carbocycles. The highest BCUT2D eigenvalue weighted by Gasteiger charge is 2.19. The quantitative estimate of drug-likeness (QED) is 0.670. The summed E-state index contributed by atoms with van der Waals surface area (Å²) in [5, 5.41) is 12.8. The van der Waals surface area contributed by atoms with E-state index in [1.165, 1.54) is 6.07 Å². The third-order valence-corrected chi connectivity index (χ3v) is 5.13. The second kappa shape index (κ2) is 5.54. The number of hydrogen-bond acceptors (Lipinski definition) is 3. The van der Waals surface area contributed by atoms with Crippen LogP contribution >= 0.6 is 34.5 Å². The van der Waals surface area contributed by atoms with Gasteiger partial charge in [0, 0.05) is 31.3 Å². The number of carbonyl (C=O) groups excluding carboxylic acids is 1. The summed E-state index contributed by atoms with van der Waals surface area (Å²) in [5.74, 6) is -1.92. The largest absolute Gasteiger partial charge is 0.544 e. The van der Waals surface area contributed by atoms with E-state index >= 15 is 0 Å². The third kappa shape index (κ3) is 2.47. The van der Waals surface area contributed by atoms with Gasteiger partial charge in [0.05, 0.1) is 10.8 Å². The van der Waals surface area contributed by atoms with Crippen LogP contribution in [0.4, 0.5) is 4.39 Å². The Kier molecular flexibility index (Phi) is 3.85. The number of carboxylic acid groups (broad SMARTS) is 1. The summed E-state index contributed by atoms with van der Waals surface area (Å²) < 4.78 is 15.0. The molecule has 1 aromatic heterocycles. The number of halogens is 3. The highest BCUT2D eigenvalue weighted by atomic mass is 35.5. The van der Waals surface area contributed by atoms with Gasteiger partial charge < -0.3 is 9.90 Å². The van der Waals surface area contributed by atoms with Crippen molar-refractivity contribution in [3.63, 3.8) is 0 Å². The molecule has 0 amide bonds. The Hall–Kier alpha value is -1.62.